The van der Waals surface area contributed by atoms with Crippen LogP contribution in [0, 0.1) is 17.1 Å². The molecule has 1 aliphatic heterocycles. The van der Waals surface area contributed by atoms with Gasteiger partial charge in [0.1, 0.15) is 18.0 Å². The van der Waals surface area contributed by atoms with Crippen LogP contribution in [0.1, 0.15) is 47.8 Å². The summed E-state index contributed by atoms with van der Waals surface area (Å²) in [6, 6.07) is 15.6. The van der Waals surface area contributed by atoms with Gasteiger partial charge < -0.3 is 15.1 Å². The first-order valence-corrected chi connectivity index (χ1v) is 12.1. The molecule has 2 heterocycles. The predicted molar refractivity (Wildman–Crippen MR) is 136 cm³/mol. The molecule has 1 aromatic heterocycles. The second-order valence-corrected chi connectivity index (χ2v) is 9.30. The van der Waals surface area contributed by atoms with Crippen LogP contribution in [-0.2, 0) is 6.42 Å². The zero-order valence-corrected chi connectivity index (χ0v) is 20.3. The fourth-order valence-corrected chi connectivity index (χ4v) is 4.87. The molecule has 5 rings (SSSR count). The van der Waals surface area contributed by atoms with Crippen molar-refractivity contribution in [1.29, 1.82) is 5.26 Å². The number of amides is 2. The maximum Gasteiger partial charge on any atom is 0.318 e. The van der Waals surface area contributed by atoms with Gasteiger partial charge in [-0.05, 0) is 60.9 Å². The molecule has 36 heavy (non-hydrogen) atoms. The molecule has 1 aliphatic carbocycles. The van der Waals surface area contributed by atoms with Crippen LogP contribution in [0.4, 0.5) is 15.0 Å². The number of urea groups is 1. The SMILES string of the molecule is C[C@H](NC(=O)N1CCN(c2ncnc3c2C=C(c2ccc(C#N)cc2)C3)C[C@H]1C)c1ccc(F)cc1. The lowest BCUT2D eigenvalue weighted by Gasteiger charge is -2.41. The molecule has 182 valence electrons. The van der Waals surface area contributed by atoms with Crippen molar-refractivity contribution in [1.82, 2.24) is 20.2 Å². The van der Waals surface area contributed by atoms with Crippen molar-refractivity contribution in [2.45, 2.75) is 32.4 Å². The molecular formula is C28H27FN6O. The summed E-state index contributed by atoms with van der Waals surface area (Å²) in [6.07, 6.45) is 4.47. The fourth-order valence-electron chi connectivity index (χ4n) is 4.87. The normalized spacial score (nSPS) is 17.7. The standard InChI is InChI=1S/C28H27FN6O/c1-18-16-34(11-12-35(18)28(36)33-19(2)21-7-9-24(29)10-8-21)27-25-13-23(14-26(25)31-17-32-27)22-5-3-20(15-30)4-6-22/h3-10,13,17-19H,11-12,14,16H2,1-2H3,(H,33,36)/t18-,19+/m1/s1. The number of carbonyl (C=O) groups is 1. The predicted octanol–water partition coefficient (Wildman–Crippen LogP) is 4.57. The van der Waals surface area contributed by atoms with Crippen molar-refractivity contribution in [2.75, 3.05) is 24.5 Å². The maximum atomic E-state index is 13.2. The first-order valence-electron chi connectivity index (χ1n) is 12.1. The van der Waals surface area contributed by atoms with Crippen molar-refractivity contribution < 1.29 is 9.18 Å². The van der Waals surface area contributed by atoms with E-state index in [9.17, 15) is 9.18 Å². The number of rotatable bonds is 4. The Morgan fingerprint density at radius 1 is 1.14 bits per heavy atom. The number of benzene rings is 2. The number of anilines is 1. The topological polar surface area (TPSA) is 85.2 Å². The molecule has 1 saturated heterocycles. The molecule has 0 saturated carbocycles. The van der Waals surface area contributed by atoms with Crippen molar-refractivity contribution >= 4 is 23.5 Å². The Labute approximate surface area is 209 Å². The summed E-state index contributed by atoms with van der Waals surface area (Å²) < 4.78 is 13.2. The van der Waals surface area contributed by atoms with Gasteiger partial charge in [0.15, 0.2) is 0 Å². The van der Waals surface area contributed by atoms with Crippen LogP contribution >= 0.6 is 0 Å². The van der Waals surface area contributed by atoms with Crippen LogP contribution in [0.5, 0.6) is 0 Å². The fraction of sp³-hybridized carbons (Fsp3) is 0.286. The number of allylic oxidation sites excluding steroid dienone is 1. The van der Waals surface area contributed by atoms with E-state index < -0.39 is 0 Å². The van der Waals surface area contributed by atoms with Crippen molar-refractivity contribution in [3.63, 3.8) is 0 Å². The summed E-state index contributed by atoms with van der Waals surface area (Å²) in [4.78, 5) is 26.2. The molecular weight excluding hydrogens is 455 g/mol. The molecule has 7 nitrogen and oxygen atoms in total. The highest BCUT2D eigenvalue weighted by Crippen LogP contribution is 2.35. The van der Waals surface area contributed by atoms with Gasteiger partial charge in [-0.2, -0.15) is 5.26 Å². The van der Waals surface area contributed by atoms with Crippen molar-refractivity contribution in [2.24, 2.45) is 0 Å². The first kappa shape index (κ1) is 23.5. The number of nitrogens with one attached hydrogen (secondary N) is 1. The summed E-state index contributed by atoms with van der Waals surface area (Å²) in [5, 5.41) is 12.1. The molecule has 8 heteroatoms. The van der Waals surface area contributed by atoms with E-state index >= 15 is 0 Å². The second-order valence-electron chi connectivity index (χ2n) is 9.30. The molecule has 1 fully saturated rings. The number of halogens is 1. The zero-order chi connectivity index (χ0) is 25.2. The van der Waals surface area contributed by atoms with E-state index in [1.165, 1.54) is 12.1 Å². The minimum absolute atomic E-state index is 0.0202. The molecule has 1 N–H and O–H groups in total. The Bertz CT molecular complexity index is 1350. The van der Waals surface area contributed by atoms with Gasteiger partial charge in [0.2, 0.25) is 0 Å². The summed E-state index contributed by atoms with van der Waals surface area (Å²) in [7, 11) is 0. The van der Waals surface area contributed by atoms with Gasteiger partial charge in [0.05, 0.1) is 23.4 Å². The van der Waals surface area contributed by atoms with E-state index in [1.54, 1.807) is 18.5 Å². The average Bonchev–Trinajstić information content (AvgIpc) is 3.33. The number of carbonyl (C=O) groups excluding carboxylic acids is 1. The smallest absolute Gasteiger partial charge is 0.318 e. The van der Waals surface area contributed by atoms with E-state index in [-0.39, 0.29) is 23.9 Å². The van der Waals surface area contributed by atoms with Crippen LogP contribution in [0.15, 0.2) is 54.9 Å². The number of fused-ring (bicyclic) bond motifs is 1. The Balaban J connectivity index is 1.27. The van der Waals surface area contributed by atoms with Gasteiger partial charge in [0, 0.05) is 37.7 Å². The monoisotopic (exact) mass is 482 g/mol. The van der Waals surface area contributed by atoms with Crippen LogP contribution in [0.2, 0.25) is 0 Å². The summed E-state index contributed by atoms with van der Waals surface area (Å²) in [6.45, 7) is 5.81. The van der Waals surface area contributed by atoms with Crippen LogP contribution < -0.4 is 10.2 Å². The van der Waals surface area contributed by atoms with Gasteiger partial charge in [-0.1, -0.05) is 24.3 Å². The van der Waals surface area contributed by atoms with Crippen molar-refractivity contribution in [3.8, 4) is 6.07 Å². The highest BCUT2D eigenvalue weighted by atomic mass is 19.1. The van der Waals surface area contributed by atoms with E-state index in [2.05, 4.69) is 32.3 Å². The Morgan fingerprint density at radius 2 is 1.89 bits per heavy atom. The third-order valence-corrected chi connectivity index (χ3v) is 6.90. The number of hydrogen-bond acceptors (Lipinski definition) is 5. The summed E-state index contributed by atoms with van der Waals surface area (Å²) in [5.74, 6) is 0.590. The highest BCUT2D eigenvalue weighted by molar-refractivity contribution is 5.91. The molecule has 0 bridgehead atoms. The van der Waals surface area contributed by atoms with E-state index in [0.29, 0.717) is 25.2 Å². The number of nitrogens with zero attached hydrogens (tertiary/aromatic N) is 5. The lowest BCUT2D eigenvalue weighted by molar-refractivity contribution is 0.168. The van der Waals surface area contributed by atoms with Crippen molar-refractivity contribution in [3.05, 3.63) is 88.6 Å². The molecule has 2 aromatic carbocycles. The molecule has 2 aliphatic rings. The van der Waals surface area contributed by atoms with E-state index in [0.717, 1.165) is 40.2 Å². The van der Waals surface area contributed by atoms with E-state index in [4.69, 9.17) is 5.26 Å². The minimum Gasteiger partial charge on any atom is -0.352 e. The lowest BCUT2D eigenvalue weighted by atomic mass is 10.0. The largest absolute Gasteiger partial charge is 0.352 e. The second kappa shape index (κ2) is 9.78. The van der Waals surface area contributed by atoms with Crippen LogP contribution in [0.3, 0.4) is 0 Å². The molecule has 0 unspecified atom stereocenters. The molecule has 2 atom stereocenters. The van der Waals surface area contributed by atoms with Gasteiger partial charge in [0.25, 0.3) is 0 Å². The highest BCUT2D eigenvalue weighted by Gasteiger charge is 2.31. The quantitative estimate of drug-likeness (QED) is 0.589. The molecule has 0 radical (unpaired) electrons. The van der Waals surface area contributed by atoms with Gasteiger partial charge in [-0.3, -0.25) is 0 Å². The number of aromatic nitrogens is 2. The zero-order valence-electron chi connectivity index (χ0n) is 20.3. The Kier molecular flexibility index (Phi) is 6.38. The number of nitriles is 1. The molecule has 3 aromatic rings. The maximum absolute atomic E-state index is 13.2. The summed E-state index contributed by atoms with van der Waals surface area (Å²) in [5.41, 5.74) is 5.73. The summed E-state index contributed by atoms with van der Waals surface area (Å²) >= 11 is 0. The van der Waals surface area contributed by atoms with E-state index in [1.807, 2.05) is 43.0 Å². The van der Waals surface area contributed by atoms with Crippen LogP contribution in [-0.4, -0.2) is 46.6 Å². The minimum atomic E-state index is -0.294. The third kappa shape index (κ3) is 4.65. The first-order chi connectivity index (χ1) is 17.4. The lowest BCUT2D eigenvalue weighted by Crippen LogP contribution is -2.57. The van der Waals surface area contributed by atoms with Gasteiger partial charge >= 0.3 is 6.03 Å². The van der Waals surface area contributed by atoms with Gasteiger partial charge in [-0.25, -0.2) is 19.2 Å². The Hall–Kier alpha value is -4.25. The third-order valence-electron chi connectivity index (χ3n) is 6.90. The van der Waals surface area contributed by atoms with Crippen LogP contribution in [0.25, 0.3) is 11.6 Å². The average molecular weight is 483 g/mol. The Morgan fingerprint density at radius 3 is 2.58 bits per heavy atom. The number of hydrogen-bond donors (Lipinski definition) is 1. The molecule has 0 spiro atoms. The molecule has 2 amide bonds. The number of piperazine rings is 1. The van der Waals surface area contributed by atoms with Gasteiger partial charge in [-0.15, -0.1) is 0 Å².